The van der Waals surface area contributed by atoms with E-state index in [4.69, 9.17) is 9.41 Å². The lowest BCUT2D eigenvalue weighted by Crippen LogP contribution is -2.25. The minimum atomic E-state index is 0.801. The molecule has 32 heavy (non-hydrogen) atoms. The van der Waals surface area contributed by atoms with Crippen LogP contribution in [0.3, 0.4) is 0 Å². The molecular weight excluding hydrogens is 458 g/mol. The molecule has 0 spiro atoms. The van der Waals surface area contributed by atoms with Crippen LogP contribution >= 0.6 is 15.9 Å². The predicted octanol–water partition coefficient (Wildman–Crippen LogP) is 6.59. The lowest BCUT2D eigenvalue weighted by molar-refractivity contribution is 0.669. The van der Waals surface area contributed by atoms with E-state index in [2.05, 4.69) is 47.3 Å². The van der Waals surface area contributed by atoms with E-state index in [0.717, 1.165) is 59.4 Å². The van der Waals surface area contributed by atoms with E-state index in [9.17, 15) is 0 Å². The third-order valence-electron chi connectivity index (χ3n) is 5.48. The van der Waals surface area contributed by atoms with Gasteiger partial charge < -0.3 is 4.42 Å². The largest absolute Gasteiger partial charge is 0.456 e. The van der Waals surface area contributed by atoms with Gasteiger partial charge in [-0.2, -0.15) is 0 Å². The Bertz CT molecular complexity index is 1610. The Morgan fingerprint density at radius 1 is 0.844 bits per heavy atom. The van der Waals surface area contributed by atoms with Crippen LogP contribution in [-0.4, -0.2) is 5.71 Å². The smallest absolute Gasteiger partial charge is 0.136 e. The fourth-order valence-corrected chi connectivity index (χ4v) is 4.33. The van der Waals surface area contributed by atoms with Crippen molar-refractivity contribution in [3.05, 3.63) is 130 Å². The van der Waals surface area contributed by atoms with Crippen LogP contribution in [0.1, 0.15) is 11.1 Å². The van der Waals surface area contributed by atoms with Crippen LogP contribution in [0.5, 0.6) is 0 Å². The molecule has 0 amide bonds. The second kappa shape index (κ2) is 8.45. The van der Waals surface area contributed by atoms with E-state index < -0.39 is 0 Å². The summed E-state index contributed by atoms with van der Waals surface area (Å²) in [5, 5.41) is 3.95. The van der Waals surface area contributed by atoms with Crippen molar-refractivity contribution in [3.8, 4) is 0 Å². The molecule has 0 N–H and O–H groups in total. The number of fused-ring (bicyclic) bond motifs is 3. The van der Waals surface area contributed by atoms with Gasteiger partial charge in [-0.05, 0) is 35.6 Å². The van der Waals surface area contributed by atoms with Crippen molar-refractivity contribution in [2.75, 3.05) is 0 Å². The maximum Gasteiger partial charge on any atom is 0.136 e. The van der Waals surface area contributed by atoms with Crippen molar-refractivity contribution in [2.45, 2.75) is 0 Å². The third-order valence-corrected chi connectivity index (χ3v) is 5.97. The van der Waals surface area contributed by atoms with Gasteiger partial charge in [0, 0.05) is 31.6 Å². The highest BCUT2D eigenvalue weighted by atomic mass is 79.9. The normalized spacial score (nSPS) is 12.8. The monoisotopic (exact) mass is 477 g/mol. The van der Waals surface area contributed by atoms with Crippen LogP contribution in [0.25, 0.3) is 34.2 Å². The highest BCUT2D eigenvalue weighted by molar-refractivity contribution is 9.10. The van der Waals surface area contributed by atoms with Crippen LogP contribution < -0.4 is 10.4 Å². The highest BCUT2D eigenvalue weighted by Gasteiger charge is 2.15. The van der Waals surface area contributed by atoms with Crippen molar-refractivity contribution in [3.63, 3.8) is 0 Å². The standard InChI is InChI=1S/C29H20BrNO/c1-3-25(20-11-5-4-6-12-20)31-29(22-13-8-7-10-19(22)2)23-14-9-15-27-28(23)24-18-21(30)16-17-26(24)32-27/h3-18H,1-2H2/b29-22-,31-25?. The summed E-state index contributed by atoms with van der Waals surface area (Å²) < 4.78 is 7.16. The molecule has 1 heterocycles. The van der Waals surface area contributed by atoms with Gasteiger partial charge in [0.25, 0.3) is 0 Å². The van der Waals surface area contributed by atoms with E-state index in [1.165, 1.54) is 0 Å². The average molecular weight is 478 g/mol. The average Bonchev–Trinajstić information content (AvgIpc) is 3.19. The molecule has 3 heteroatoms. The Hall–Kier alpha value is -3.69. The van der Waals surface area contributed by atoms with Gasteiger partial charge in [0.2, 0.25) is 0 Å². The molecule has 5 aromatic rings. The van der Waals surface area contributed by atoms with E-state index in [-0.39, 0.29) is 0 Å². The van der Waals surface area contributed by atoms with Gasteiger partial charge in [-0.3, -0.25) is 0 Å². The van der Waals surface area contributed by atoms with Gasteiger partial charge in [-0.1, -0.05) is 95.8 Å². The van der Waals surface area contributed by atoms with E-state index in [0.29, 0.717) is 0 Å². The quantitative estimate of drug-likeness (QED) is 0.268. The molecule has 154 valence electrons. The van der Waals surface area contributed by atoms with Gasteiger partial charge in [0.05, 0.1) is 11.4 Å². The molecule has 0 unspecified atom stereocenters. The van der Waals surface area contributed by atoms with Crippen LogP contribution in [0.4, 0.5) is 0 Å². The number of hydrogen-bond acceptors (Lipinski definition) is 2. The fourth-order valence-electron chi connectivity index (χ4n) is 3.97. The molecule has 1 aromatic heterocycles. The molecule has 0 saturated carbocycles. The van der Waals surface area contributed by atoms with Crippen molar-refractivity contribution in [1.82, 2.24) is 0 Å². The molecule has 0 atom stereocenters. The number of aliphatic imine (C=N–C) groups is 1. The minimum Gasteiger partial charge on any atom is -0.456 e. The SMILES string of the molecule is C=CC(=N/C(c1cccc2oc3ccc(Br)cc3c12)=c1/ccccc1=C)c1ccccc1. The Kier molecular flexibility index (Phi) is 5.34. The van der Waals surface area contributed by atoms with Gasteiger partial charge in [0.15, 0.2) is 0 Å². The molecule has 0 radical (unpaired) electrons. The Balaban J connectivity index is 1.92. The molecule has 0 aliphatic rings. The number of rotatable bonds is 4. The summed E-state index contributed by atoms with van der Waals surface area (Å²) in [6.45, 7) is 8.30. The molecule has 2 nitrogen and oxygen atoms in total. The lowest BCUT2D eigenvalue weighted by Gasteiger charge is -2.09. The van der Waals surface area contributed by atoms with Crippen LogP contribution in [0, 0.1) is 0 Å². The zero-order valence-electron chi connectivity index (χ0n) is 17.4. The highest BCUT2D eigenvalue weighted by Crippen LogP contribution is 2.35. The number of halogens is 1. The molecular formula is C29H20BrNO. The third kappa shape index (κ3) is 3.61. The number of nitrogens with zero attached hydrogens (tertiary/aromatic N) is 1. The molecule has 0 bridgehead atoms. The maximum atomic E-state index is 6.16. The lowest BCUT2D eigenvalue weighted by atomic mass is 10.0. The number of benzene rings is 4. The maximum absolute atomic E-state index is 6.16. The van der Waals surface area contributed by atoms with Gasteiger partial charge >= 0.3 is 0 Å². The van der Waals surface area contributed by atoms with Crippen LogP contribution in [0.2, 0.25) is 0 Å². The molecule has 0 aliphatic heterocycles. The van der Waals surface area contributed by atoms with E-state index in [1.54, 1.807) is 6.08 Å². The van der Waals surface area contributed by atoms with Crippen LogP contribution in [-0.2, 0) is 0 Å². The van der Waals surface area contributed by atoms with Gasteiger partial charge in [-0.25, -0.2) is 4.99 Å². The summed E-state index contributed by atoms with van der Waals surface area (Å²) in [5.74, 6) is 0. The predicted molar refractivity (Wildman–Crippen MR) is 138 cm³/mol. The summed E-state index contributed by atoms with van der Waals surface area (Å²) in [5.41, 5.74) is 5.30. The van der Waals surface area contributed by atoms with E-state index >= 15 is 0 Å². The summed E-state index contributed by atoms with van der Waals surface area (Å²) >= 11 is 3.60. The summed E-state index contributed by atoms with van der Waals surface area (Å²) in [6, 6.07) is 30.3. The van der Waals surface area contributed by atoms with Crippen molar-refractivity contribution in [2.24, 2.45) is 4.99 Å². The molecule has 4 aromatic carbocycles. The molecule has 0 fully saturated rings. The first kappa shape index (κ1) is 20.2. The van der Waals surface area contributed by atoms with Gasteiger partial charge in [0.1, 0.15) is 11.2 Å². The van der Waals surface area contributed by atoms with Crippen molar-refractivity contribution in [1.29, 1.82) is 0 Å². The molecule has 5 rings (SSSR count). The minimum absolute atomic E-state index is 0.801. The first-order valence-corrected chi connectivity index (χ1v) is 11.1. The Morgan fingerprint density at radius 2 is 1.62 bits per heavy atom. The van der Waals surface area contributed by atoms with E-state index in [1.807, 2.05) is 72.8 Å². The second-order valence-electron chi connectivity index (χ2n) is 7.49. The Labute approximate surface area is 194 Å². The first-order chi connectivity index (χ1) is 15.7. The Morgan fingerprint density at radius 3 is 2.41 bits per heavy atom. The van der Waals surface area contributed by atoms with Gasteiger partial charge in [-0.15, -0.1) is 0 Å². The van der Waals surface area contributed by atoms with Crippen LogP contribution in [0.15, 0.2) is 118 Å². The fraction of sp³-hybridized carbons (Fsp3) is 0. The number of furan rings is 1. The second-order valence-corrected chi connectivity index (χ2v) is 8.41. The molecule has 0 saturated heterocycles. The number of allylic oxidation sites excluding steroid dienone is 1. The number of hydrogen-bond donors (Lipinski definition) is 0. The zero-order valence-corrected chi connectivity index (χ0v) is 19.0. The summed E-state index contributed by atoms with van der Waals surface area (Å²) in [7, 11) is 0. The summed E-state index contributed by atoms with van der Waals surface area (Å²) in [6.07, 6.45) is 1.80. The zero-order chi connectivity index (χ0) is 22.1. The first-order valence-electron chi connectivity index (χ1n) is 10.3. The van der Waals surface area contributed by atoms with Crippen molar-refractivity contribution < 1.29 is 4.42 Å². The topological polar surface area (TPSA) is 25.5 Å². The summed E-state index contributed by atoms with van der Waals surface area (Å²) in [4.78, 5) is 5.15. The molecule has 0 aliphatic carbocycles. The van der Waals surface area contributed by atoms with Crippen molar-refractivity contribution >= 4 is 55.9 Å².